The molecule has 0 radical (unpaired) electrons. The molecule has 1 aliphatic heterocycles. The molecule has 0 bridgehead atoms. The molecule has 1 aliphatic rings. The highest BCUT2D eigenvalue weighted by Gasteiger charge is 2.38. The number of nitrogens with one attached hydrogen (secondary N) is 1. The minimum atomic E-state index is -0.460. The Labute approximate surface area is 139 Å². The number of hydrogen-bond donors (Lipinski definition) is 2. The molecule has 5 heteroatoms. The molecule has 0 aromatic heterocycles. The van der Waals surface area contributed by atoms with Crippen molar-refractivity contribution in [3.05, 3.63) is 35.4 Å². The van der Waals surface area contributed by atoms with Gasteiger partial charge in [0, 0.05) is 32.8 Å². The van der Waals surface area contributed by atoms with Crippen LogP contribution >= 0.6 is 0 Å². The van der Waals surface area contributed by atoms with Crippen LogP contribution in [0.15, 0.2) is 24.3 Å². The molecule has 1 aromatic carbocycles. The first kappa shape index (κ1) is 17.9. The lowest BCUT2D eigenvalue weighted by atomic mass is 9.79. The highest BCUT2D eigenvalue weighted by Crippen LogP contribution is 2.29. The van der Waals surface area contributed by atoms with Crippen molar-refractivity contribution in [3.63, 3.8) is 0 Å². The lowest BCUT2D eigenvalue weighted by Gasteiger charge is -2.34. The molecular formula is C18H29N3O2. The molecule has 1 aromatic rings. The minimum Gasteiger partial charge on any atom is -0.381 e. The van der Waals surface area contributed by atoms with Crippen molar-refractivity contribution in [2.75, 3.05) is 33.4 Å². The normalized spacial score (nSPS) is 17.2. The van der Waals surface area contributed by atoms with E-state index in [-0.39, 0.29) is 5.91 Å². The highest BCUT2D eigenvalue weighted by molar-refractivity contribution is 5.83. The van der Waals surface area contributed by atoms with Crippen molar-refractivity contribution >= 4 is 5.91 Å². The van der Waals surface area contributed by atoms with Gasteiger partial charge in [0.1, 0.15) is 0 Å². The van der Waals surface area contributed by atoms with Gasteiger partial charge in [-0.25, -0.2) is 0 Å². The molecule has 1 saturated heterocycles. The first-order valence-corrected chi connectivity index (χ1v) is 8.42. The lowest BCUT2D eigenvalue weighted by Crippen LogP contribution is -2.48. The van der Waals surface area contributed by atoms with Crippen LogP contribution in [0.4, 0.5) is 0 Å². The molecule has 0 aliphatic carbocycles. The molecule has 128 valence electrons. The van der Waals surface area contributed by atoms with Gasteiger partial charge in [-0.2, -0.15) is 0 Å². The molecule has 2 rings (SSSR count). The zero-order chi connectivity index (χ0) is 16.7. The quantitative estimate of drug-likeness (QED) is 0.799. The Balaban J connectivity index is 1.94. The maximum Gasteiger partial charge on any atom is 0.227 e. The molecule has 5 nitrogen and oxygen atoms in total. The molecule has 1 heterocycles. The number of carbonyl (C=O) groups is 1. The van der Waals surface area contributed by atoms with E-state index in [9.17, 15) is 4.79 Å². The highest BCUT2D eigenvalue weighted by atomic mass is 16.5. The van der Waals surface area contributed by atoms with Gasteiger partial charge in [-0.15, -0.1) is 0 Å². The Kier molecular flexibility index (Phi) is 6.57. The molecule has 1 fully saturated rings. The Morgan fingerprint density at radius 3 is 2.70 bits per heavy atom. The van der Waals surface area contributed by atoms with Crippen LogP contribution in [0.1, 0.15) is 30.9 Å². The Hall–Kier alpha value is -1.43. The predicted molar refractivity (Wildman–Crippen MR) is 91.8 cm³/mol. The third kappa shape index (κ3) is 4.77. The first-order chi connectivity index (χ1) is 11.1. The summed E-state index contributed by atoms with van der Waals surface area (Å²) in [5, 5.41) is 3.07. The van der Waals surface area contributed by atoms with Gasteiger partial charge in [0.15, 0.2) is 0 Å². The number of amides is 1. The van der Waals surface area contributed by atoms with E-state index in [0.717, 1.165) is 18.7 Å². The number of nitrogens with zero attached hydrogens (tertiary/aromatic N) is 1. The van der Waals surface area contributed by atoms with Crippen molar-refractivity contribution in [1.29, 1.82) is 0 Å². The summed E-state index contributed by atoms with van der Waals surface area (Å²) in [5.41, 5.74) is 7.81. The molecule has 0 atom stereocenters. The number of hydrogen-bond acceptors (Lipinski definition) is 4. The van der Waals surface area contributed by atoms with Crippen molar-refractivity contribution < 1.29 is 9.53 Å². The summed E-state index contributed by atoms with van der Waals surface area (Å²) in [6.07, 6.45) is 1.41. The van der Waals surface area contributed by atoms with Crippen LogP contribution in [0.3, 0.4) is 0 Å². The van der Waals surface area contributed by atoms with E-state index in [1.807, 2.05) is 6.07 Å². The fourth-order valence-corrected chi connectivity index (χ4v) is 2.92. The van der Waals surface area contributed by atoms with Crippen LogP contribution in [0.5, 0.6) is 0 Å². The van der Waals surface area contributed by atoms with Gasteiger partial charge in [0.05, 0.1) is 5.41 Å². The summed E-state index contributed by atoms with van der Waals surface area (Å²) in [4.78, 5) is 14.8. The molecule has 1 amide bonds. The van der Waals surface area contributed by atoms with Gasteiger partial charge in [0.25, 0.3) is 0 Å². The third-order valence-electron chi connectivity index (χ3n) is 4.76. The molecule has 3 N–H and O–H groups in total. The summed E-state index contributed by atoms with van der Waals surface area (Å²) in [6.45, 7) is 6.23. The van der Waals surface area contributed by atoms with Crippen LogP contribution in [-0.4, -0.2) is 44.2 Å². The fourth-order valence-electron chi connectivity index (χ4n) is 2.92. The zero-order valence-electron chi connectivity index (χ0n) is 14.3. The summed E-state index contributed by atoms with van der Waals surface area (Å²) in [7, 11) is 2.10. The summed E-state index contributed by atoms with van der Waals surface area (Å²) in [6, 6.07) is 8.38. The van der Waals surface area contributed by atoms with E-state index in [2.05, 4.69) is 42.4 Å². The SMILES string of the molecule is CCN(C)Cc1cccc(CNC(=O)C2(CN)CCOCC2)c1. The minimum absolute atomic E-state index is 0.0550. The summed E-state index contributed by atoms with van der Waals surface area (Å²) < 4.78 is 5.36. The monoisotopic (exact) mass is 319 g/mol. The van der Waals surface area contributed by atoms with Crippen LogP contribution in [0.2, 0.25) is 0 Å². The van der Waals surface area contributed by atoms with Gasteiger partial charge >= 0.3 is 0 Å². The Morgan fingerprint density at radius 1 is 1.35 bits per heavy atom. The molecule has 0 unspecified atom stereocenters. The average molecular weight is 319 g/mol. The number of carbonyl (C=O) groups excluding carboxylic acids is 1. The van der Waals surface area contributed by atoms with Gasteiger partial charge in [-0.05, 0) is 37.6 Å². The average Bonchev–Trinajstić information content (AvgIpc) is 2.60. The first-order valence-electron chi connectivity index (χ1n) is 8.42. The molecule has 23 heavy (non-hydrogen) atoms. The molecule has 0 spiro atoms. The number of rotatable bonds is 7. The Morgan fingerprint density at radius 2 is 2.04 bits per heavy atom. The van der Waals surface area contributed by atoms with E-state index in [0.29, 0.717) is 39.1 Å². The summed E-state index contributed by atoms with van der Waals surface area (Å²) >= 11 is 0. The largest absolute Gasteiger partial charge is 0.381 e. The maximum absolute atomic E-state index is 12.6. The maximum atomic E-state index is 12.6. The standard InChI is InChI=1S/C18H29N3O2/c1-3-21(2)13-16-6-4-5-15(11-16)12-20-17(22)18(14-19)7-9-23-10-8-18/h4-6,11H,3,7-10,12-14,19H2,1-2H3,(H,20,22). The smallest absolute Gasteiger partial charge is 0.227 e. The van der Waals surface area contributed by atoms with E-state index in [1.165, 1.54) is 5.56 Å². The number of ether oxygens (including phenoxy) is 1. The summed E-state index contributed by atoms with van der Waals surface area (Å²) in [5.74, 6) is 0.0550. The second kappa shape index (κ2) is 8.43. The van der Waals surface area contributed by atoms with E-state index in [1.54, 1.807) is 0 Å². The number of nitrogens with two attached hydrogens (primary N) is 1. The number of benzene rings is 1. The van der Waals surface area contributed by atoms with Gasteiger partial charge in [0.2, 0.25) is 5.91 Å². The van der Waals surface area contributed by atoms with Crippen molar-refractivity contribution in [2.45, 2.75) is 32.9 Å². The predicted octanol–water partition coefficient (Wildman–Crippen LogP) is 1.51. The fraction of sp³-hybridized carbons (Fsp3) is 0.611. The van der Waals surface area contributed by atoms with Gasteiger partial charge in [-0.3, -0.25) is 4.79 Å². The third-order valence-corrected chi connectivity index (χ3v) is 4.76. The Bertz CT molecular complexity index is 513. The topological polar surface area (TPSA) is 67.6 Å². The second-order valence-electron chi connectivity index (χ2n) is 6.43. The van der Waals surface area contributed by atoms with E-state index in [4.69, 9.17) is 10.5 Å². The van der Waals surface area contributed by atoms with Gasteiger partial charge < -0.3 is 20.7 Å². The van der Waals surface area contributed by atoms with Crippen molar-refractivity contribution in [1.82, 2.24) is 10.2 Å². The second-order valence-corrected chi connectivity index (χ2v) is 6.43. The van der Waals surface area contributed by atoms with E-state index >= 15 is 0 Å². The van der Waals surface area contributed by atoms with Crippen LogP contribution < -0.4 is 11.1 Å². The van der Waals surface area contributed by atoms with Crippen LogP contribution in [0, 0.1) is 5.41 Å². The van der Waals surface area contributed by atoms with Crippen molar-refractivity contribution in [3.8, 4) is 0 Å². The van der Waals surface area contributed by atoms with Crippen LogP contribution in [0.25, 0.3) is 0 Å². The van der Waals surface area contributed by atoms with Crippen molar-refractivity contribution in [2.24, 2.45) is 11.1 Å². The zero-order valence-corrected chi connectivity index (χ0v) is 14.3. The van der Waals surface area contributed by atoms with E-state index < -0.39 is 5.41 Å². The molecular weight excluding hydrogens is 290 g/mol. The lowest BCUT2D eigenvalue weighted by molar-refractivity contribution is -0.136. The van der Waals surface area contributed by atoms with Gasteiger partial charge in [-0.1, -0.05) is 31.2 Å². The van der Waals surface area contributed by atoms with Crippen LogP contribution in [-0.2, 0) is 22.6 Å². The molecule has 0 saturated carbocycles.